The van der Waals surface area contributed by atoms with E-state index >= 15 is 0 Å². The van der Waals surface area contributed by atoms with Crippen LogP contribution >= 0.6 is 11.3 Å². The van der Waals surface area contributed by atoms with Gasteiger partial charge in [0.05, 0.1) is 0 Å². The van der Waals surface area contributed by atoms with Gasteiger partial charge in [0, 0.05) is 16.9 Å². The molecule has 0 amide bonds. The zero-order valence-electron chi connectivity index (χ0n) is 9.24. The second-order valence-corrected chi connectivity index (χ2v) is 5.28. The lowest BCUT2D eigenvalue weighted by molar-refractivity contribution is 0.0871. The number of ketones is 1. The van der Waals surface area contributed by atoms with Crippen LogP contribution < -0.4 is 0 Å². The molecule has 1 aromatic heterocycles. The maximum absolute atomic E-state index is 12.1. The first kappa shape index (κ1) is 10.9. The maximum Gasteiger partial charge on any atom is 0.166 e. The van der Waals surface area contributed by atoms with Crippen molar-refractivity contribution in [2.45, 2.75) is 39.0 Å². The summed E-state index contributed by atoms with van der Waals surface area (Å²) < 4.78 is 0. The Balaban J connectivity index is 1.93. The summed E-state index contributed by atoms with van der Waals surface area (Å²) in [4.78, 5) is 12.1. The highest BCUT2D eigenvalue weighted by molar-refractivity contribution is 7.08. The minimum absolute atomic E-state index is 0.308. The quantitative estimate of drug-likeness (QED) is 0.702. The summed E-state index contributed by atoms with van der Waals surface area (Å²) in [6.07, 6.45) is 5.98. The Labute approximate surface area is 95.5 Å². The van der Waals surface area contributed by atoms with Gasteiger partial charge in [-0.05, 0) is 43.0 Å². The smallest absolute Gasteiger partial charge is 0.166 e. The molecule has 1 aliphatic rings. The van der Waals surface area contributed by atoms with Crippen molar-refractivity contribution in [3.8, 4) is 0 Å². The first-order valence-corrected chi connectivity index (χ1v) is 6.82. The second kappa shape index (κ2) is 4.93. The van der Waals surface area contributed by atoms with Gasteiger partial charge in [0.1, 0.15) is 0 Å². The van der Waals surface area contributed by atoms with E-state index in [-0.39, 0.29) is 0 Å². The van der Waals surface area contributed by atoms with Crippen LogP contribution in [0.4, 0.5) is 0 Å². The molecule has 1 aliphatic carbocycles. The van der Waals surface area contributed by atoms with Gasteiger partial charge in [-0.1, -0.05) is 13.3 Å². The molecule has 0 aliphatic heterocycles. The molecule has 82 valence electrons. The predicted molar refractivity (Wildman–Crippen MR) is 64.4 cm³/mol. The molecule has 2 rings (SSSR count). The molecule has 1 fully saturated rings. The molecule has 1 heterocycles. The van der Waals surface area contributed by atoms with Crippen LogP contribution in [0.3, 0.4) is 0 Å². The second-order valence-electron chi connectivity index (χ2n) is 4.50. The Morgan fingerprint density at radius 3 is 2.67 bits per heavy atom. The summed E-state index contributed by atoms with van der Waals surface area (Å²) in [5.74, 6) is 1.56. The van der Waals surface area contributed by atoms with Gasteiger partial charge in [-0.2, -0.15) is 11.3 Å². The molecule has 1 nitrogen and oxygen atoms in total. The van der Waals surface area contributed by atoms with Crippen LogP contribution in [0.1, 0.15) is 49.4 Å². The van der Waals surface area contributed by atoms with Crippen LogP contribution in [0.2, 0.25) is 0 Å². The van der Waals surface area contributed by atoms with E-state index in [1.54, 1.807) is 11.3 Å². The monoisotopic (exact) mass is 222 g/mol. The standard InChI is InChI=1S/C13H18OS/c1-2-10-3-5-11(6-4-10)13(14)12-7-8-15-9-12/h7-11H,2-6H2,1H3. The minimum Gasteiger partial charge on any atom is -0.294 e. The molecule has 0 radical (unpaired) electrons. The molecule has 0 aromatic carbocycles. The van der Waals surface area contributed by atoms with E-state index in [2.05, 4.69) is 6.92 Å². The lowest BCUT2D eigenvalue weighted by Gasteiger charge is -2.26. The van der Waals surface area contributed by atoms with E-state index in [9.17, 15) is 4.79 Å². The first-order valence-electron chi connectivity index (χ1n) is 5.87. The van der Waals surface area contributed by atoms with Gasteiger partial charge >= 0.3 is 0 Å². The van der Waals surface area contributed by atoms with Crippen molar-refractivity contribution in [3.05, 3.63) is 22.4 Å². The Kier molecular flexibility index (Phi) is 3.57. The van der Waals surface area contributed by atoms with Crippen molar-refractivity contribution in [1.29, 1.82) is 0 Å². The maximum atomic E-state index is 12.1. The van der Waals surface area contributed by atoms with Gasteiger partial charge in [0.15, 0.2) is 5.78 Å². The predicted octanol–water partition coefficient (Wildman–Crippen LogP) is 4.15. The molecule has 0 N–H and O–H groups in total. The first-order chi connectivity index (χ1) is 7.31. The molecule has 1 saturated carbocycles. The topological polar surface area (TPSA) is 17.1 Å². The van der Waals surface area contributed by atoms with Gasteiger partial charge in [-0.25, -0.2) is 0 Å². The van der Waals surface area contributed by atoms with Gasteiger partial charge in [-0.3, -0.25) is 4.79 Å². The van der Waals surface area contributed by atoms with E-state index in [0.29, 0.717) is 11.7 Å². The van der Waals surface area contributed by atoms with Gasteiger partial charge in [0.25, 0.3) is 0 Å². The van der Waals surface area contributed by atoms with Gasteiger partial charge in [0.2, 0.25) is 0 Å². The molecule has 1 aromatic rings. The SMILES string of the molecule is CCC1CCC(C(=O)c2ccsc2)CC1. The fraction of sp³-hybridized carbons (Fsp3) is 0.615. The van der Waals surface area contributed by atoms with Crippen molar-refractivity contribution in [2.24, 2.45) is 11.8 Å². The van der Waals surface area contributed by atoms with Crippen molar-refractivity contribution in [3.63, 3.8) is 0 Å². The van der Waals surface area contributed by atoms with E-state index in [0.717, 1.165) is 24.3 Å². The third-order valence-electron chi connectivity index (χ3n) is 3.60. The Morgan fingerprint density at radius 2 is 2.13 bits per heavy atom. The van der Waals surface area contributed by atoms with Crippen LogP contribution in [-0.4, -0.2) is 5.78 Å². The largest absolute Gasteiger partial charge is 0.294 e. The van der Waals surface area contributed by atoms with Crippen molar-refractivity contribution < 1.29 is 4.79 Å². The molecular formula is C13H18OS. The summed E-state index contributed by atoms with van der Waals surface area (Å²) in [6, 6.07) is 1.96. The zero-order valence-corrected chi connectivity index (χ0v) is 10.1. The normalized spacial score (nSPS) is 26.5. The van der Waals surface area contributed by atoms with Crippen LogP contribution in [-0.2, 0) is 0 Å². The summed E-state index contributed by atoms with van der Waals surface area (Å²) >= 11 is 1.62. The summed E-state index contributed by atoms with van der Waals surface area (Å²) in [7, 11) is 0. The zero-order chi connectivity index (χ0) is 10.7. The van der Waals surface area contributed by atoms with Crippen LogP contribution in [0.25, 0.3) is 0 Å². The van der Waals surface area contributed by atoms with Crippen molar-refractivity contribution in [2.75, 3.05) is 0 Å². The molecule has 0 spiro atoms. The molecule has 0 bridgehead atoms. The molecule has 0 unspecified atom stereocenters. The number of hydrogen-bond acceptors (Lipinski definition) is 2. The molecular weight excluding hydrogens is 204 g/mol. The third kappa shape index (κ3) is 2.49. The van der Waals surface area contributed by atoms with Gasteiger partial charge < -0.3 is 0 Å². The molecule has 0 saturated heterocycles. The number of carbonyl (C=O) groups excluding carboxylic acids is 1. The lowest BCUT2D eigenvalue weighted by Crippen LogP contribution is -2.21. The summed E-state index contributed by atoms with van der Waals surface area (Å²) in [5, 5.41) is 3.97. The van der Waals surface area contributed by atoms with Crippen LogP contribution in [0.15, 0.2) is 16.8 Å². The number of hydrogen-bond donors (Lipinski definition) is 0. The van der Waals surface area contributed by atoms with E-state index in [1.165, 1.54) is 19.3 Å². The highest BCUT2D eigenvalue weighted by Crippen LogP contribution is 2.32. The fourth-order valence-electron chi connectivity index (χ4n) is 2.47. The van der Waals surface area contributed by atoms with Crippen molar-refractivity contribution in [1.82, 2.24) is 0 Å². The lowest BCUT2D eigenvalue weighted by atomic mass is 9.78. The minimum atomic E-state index is 0.308. The van der Waals surface area contributed by atoms with Gasteiger partial charge in [-0.15, -0.1) is 0 Å². The highest BCUT2D eigenvalue weighted by atomic mass is 32.1. The highest BCUT2D eigenvalue weighted by Gasteiger charge is 2.26. The number of rotatable bonds is 3. The Morgan fingerprint density at radius 1 is 1.40 bits per heavy atom. The molecule has 2 heteroatoms. The average Bonchev–Trinajstić information content (AvgIpc) is 2.82. The van der Waals surface area contributed by atoms with E-state index in [1.807, 2.05) is 16.8 Å². The summed E-state index contributed by atoms with van der Waals surface area (Å²) in [5.41, 5.74) is 0.931. The van der Waals surface area contributed by atoms with Crippen LogP contribution in [0.5, 0.6) is 0 Å². The number of Topliss-reactive ketones (excluding diaryl/α,β-unsaturated/α-hetero) is 1. The number of thiophene rings is 1. The average molecular weight is 222 g/mol. The Hall–Kier alpha value is -0.630. The van der Waals surface area contributed by atoms with Crippen molar-refractivity contribution >= 4 is 17.1 Å². The summed E-state index contributed by atoms with van der Waals surface area (Å²) in [6.45, 7) is 2.26. The number of carbonyl (C=O) groups is 1. The van der Waals surface area contributed by atoms with E-state index in [4.69, 9.17) is 0 Å². The molecule has 15 heavy (non-hydrogen) atoms. The van der Waals surface area contributed by atoms with Crippen LogP contribution in [0, 0.1) is 11.8 Å². The molecule has 0 atom stereocenters. The Bertz CT molecular complexity index is 307. The fourth-order valence-corrected chi connectivity index (χ4v) is 3.12. The third-order valence-corrected chi connectivity index (χ3v) is 4.28. The van der Waals surface area contributed by atoms with E-state index < -0.39 is 0 Å².